The van der Waals surface area contributed by atoms with E-state index in [0.29, 0.717) is 6.42 Å². The first-order valence-corrected chi connectivity index (χ1v) is 4.97. The monoisotopic (exact) mass is 217 g/mol. The van der Waals surface area contributed by atoms with E-state index >= 15 is 0 Å². The lowest BCUT2D eigenvalue weighted by Crippen LogP contribution is -2.34. The van der Waals surface area contributed by atoms with Gasteiger partial charge in [0, 0.05) is 13.0 Å². The zero-order valence-electron chi connectivity index (χ0n) is 9.54. The third-order valence-electron chi connectivity index (χ3n) is 1.93. The predicted molar refractivity (Wildman–Crippen MR) is 55.0 cm³/mol. The summed E-state index contributed by atoms with van der Waals surface area (Å²) >= 11 is 0. The lowest BCUT2D eigenvalue weighted by Gasteiger charge is -2.19. The van der Waals surface area contributed by atoms with Crippen molar-refractivity contribution in [2.45, 2.75) is 27.2 Å². The molecule has 0 amide bonds. The number of hydrogen-bond donors (Lipinski definition) is 1. The average Bonchev–Trinajstić information content (AvgIpc) is 2.23. The molecule has 5 heteroatoms. The van der Waals surface area contributed by atoms with Crippen LogP contribution in [0.3, 0.4) is 0 Å². The lowest BCUT2D eigenvalue weighted by molar-refractivity contribution is -0.158. The first kappa shape index (κ1) is 13.9. The Morgan fingerprint density at radius 2 is 1.73 bits per heavy atom. The lowest BCUT2D eigenvalue weighted by atomic mass is 9.94. The molecule has 0 saturated heterocycles. The Bertz CT molecular complexity index is 225. The maximum atomic E-state index is 11.4. The molecule has 0 aliphatic rings. The molecule has 0 aromatic carbocycles. The van der Waals surface area contributed by atoms with Crippen LogP contribution < -0.4 is 5.73 Å². The molecule has 88 valence electrons. The molecule has 0 aromatic rings. The normalized spacial score (nSPS) is 10.9. The molecule has 0 aliphatic heterocycles. The Balaban J connectivity index is 3.69. The number of ether oxygens (including phenoxy) is 2. The minimum Gasteiger partial charge on any atom is -0.462 e. The van der Waals surface area contributed by atoms with Crippen molar-refractivity contribution in [2.75, 3.05) is 19.8 Å². The van der Waals surface area contributed by atoms with Crippen molar-refractivity contribution in [3.63, 3.8) is 0 Å². The molecule has 0 atom stereocenters. The number of carbonyl (C=O) groups is 2. The standard InChI is InChI=1S/C10H19NO4/c1-4-8(12)14-5-6-15-9(13)10(2,3)7-11/h4-7,11H2,1-3H3. The van der Waals surface area contributed by atoms with Crippen LogP contribution in [0.2, 0.25) is 0 Å². The average molecular weight is 217 g/mol. The van der Waals surface area contributed by atoms with E-state index in [2.05, 4.69) is 0 Å². The summed E-state index contributed by atoms with van der Waals surface area (Å²) in [6, 6.07) is 0. The van der Waals surface area contributed by atoms with Gasteiger partial charge in [-0.2, -0.15) is 0 Å². The number of rotatable bonds is 6. The van der Waals surface area contributed by atoms with Gasteiger partial charge in [0.2, 0.25) is 0 Å². The van der Waals surface area contributed by atoms with Crippen LogP contribution >= 0.6 is 0 Å². The predicted octanol–water partition coefficient (Wildman–Crippen LogP) is 0.468. The zero-order chi connectivity index (χ0) is 11.9. The Morgan fingerprint density at radius 1 is 1.20 bits per heavy atom. The van der Waals surface area contributed by atoms with Crippen molar-refractivity contribution in [3.05, 3.63) is 0 Å². The fraction of sp³-hybridized carbons (Fsp3) is 0.800. The second-order valence-electron chi connectivity index (χ2n) is 3.80. The molecule has 0 aliphatic carbocycles. The molecule has 5 nitrogen and oxygen atoms in total. The van der Waals surface area contributed by atoms with Gasteiger partial charge in [0.05, 0.1) is 5.41 Å². The second kappa shape index (κ2) is 6.40. The van der Waals surface area contributed by atoms with Crippen LogP contribution in [-0.2, 0) is 19.1 Å². The van der Waals surface area contributed by atoms with Gasteiger partial charge in [-0.3, -0.25) is 9.59 Å². The first-order chi connectivity index (χ1) is 6.94. The number of hydrogen-bond acceptors (Lipinski definition) is 5. The van der Waals surface area contributed by atoms with Gasteiger partial charge < -0.3 is 15.2 Å². The highest BCUT2D eigenvalue weighted by atomic mass is 16.6. The third-order valence-corrected chi connectivity index (χ3v) is 1.93. The summed E-state index contributed by atoms with van der Waals surface area (Å²) in [6.45, 7) is 5.50. The fourth-order valence-corrected chi connectivity index (χ4v) is 0.671. The summed E-state index contributed by atoms with van der Waals surface area (Å²) in [5.41, 5.74) is 4.71. The van der Waals surface area contributed by atoms with Crippen LogP contribution in [0.25, 0.3) is 0 Å². The molecule has 0 rings (SSSR count). The minimum absolute atomic E-state index is 0.0774. The molecule has 2 N–H and O–H groups in total. The molecule has 0 fully saturated rings. The van der Waals surface area contributed by atoms with E-state index < -0.39 is 5.41 Å². The molecule has 0 bridgehead atoms. The summed E-state index contributed by atoms with van der Waals surface area (Å²) < 4.78 is 9.64. The van der Waals surface area contributed by atoms with Crippen LogP contribution in [-0.4, -0.2) is 31.7 Å². The van der Waals surface area contributed by atoms with Crippen LogP contribution in [0.4, 0.5) is 0 Å². The molecule has 15 heavy (non-hydrogen) atoms. The van der Waals surface area contributed by atoms with Gasteiger partial charge in [0.15, 0.2) is 0 Å². The summed E-state index contributed by atoms with van der Waals surface area (Å²) in [5.74, 6) is -0.679. The van der Waals surface area contributed by atoms with Gasteiger partial charge >= 0.3 is 11.9 Å². The SMILES string of the molecule is CCC(=O)OCCOC(=O)C(C)(C)CN. The highest BCUT2D eigenvalue weighted by molar-refractivity contribution is 5.76. The number of nitrogens with two attached hydrogens (primary N) is 1. The second-order valence-corrected chi connectivity index (χ2v) is 3.80. The quantitative estimate of drug-likeness (QED) is 0.516. The largest absolute Gasteiger partial charge is 0.462 e. The van der Waals surface area contributed by atoms with Crippen LogP contribution in [0.15, 0.2) is 0 Å². The molecule has 0 aromatic heterocycles. The van der Waals surface area contributed by atoms with E-state index in [-0.39, 0.29) is 31.7 Å². The van der Waals surface area contributed by atoms with Crippen molar-refractivity contribution in [3.8, 4) is 0 Å². The topological polar surface area (TPSA) is 78.6 Å². The van der Waals surface area contributed by atoms with E-state index in [1.54, 1.807) is 20.8 Å². The Labute approximate surface area is 89.9 Å². The van der Waals surface area contributed by atoms with Crippen LogP contribution in [0, 0.1) is 5.41 Å². The van der Waals surface area contributed by atoms with Crippen molar-refractivity contribution < 1.29 is 19.1 Å². The van der Waals surface area contributed by atoms with E-state index in [9.17, 15) is 9.59 Å². The van der Waals surface area contributed by atoms with E-state index in [1.807, 2.05) is 0 Å². The molecular weight excluding hydrogens is 198 g/mol. The zero-order valence-corrected chi connectivity index (χ0v) is 9.54. The Morgan fingerprint density at radius 3 is 2.20 bits per heavy atom. The number of esters is 2. The summed E-state index contributed by atoms with van der Waals surface area (Å²) in [4.78, 5) is 22.1. The maximum Gasteiger partial charge on any atom is 0.312 e. The molecular formula is C10H19NO4. The summed E-state index contributed by atoms with van der Waals surface area (Å²) in [6.07, 6.45) is 0.322. The maximum absolute atomic E-state index is 11.4. The molecule has 0 heterocycles. The Hall–Kier alpha value is -1.10. The molecule has 0 saturated carbocycles. The van der Waals surface area contributed by atoms with Gasteiger partial charge in [-0.05, 0) is 13.8 Å². The van der Waals surface area contributed by atoms with Gasteiger partial charge in [0.1, 0.15) is 13.2 Å². The molecule has 0 spiro atoms. The van der Waals surface area contributed by atoms with Gasteiger partial charge in [0.25, 0.3) is 0 Å². The fourth-order valence-electron chi connectivity index (χ4n) is 0.671. The highest BCUT2D eigenvalue weighted by Crippen LogP contribution is 2.14. The Kier molecular flexibility index (Phi) is 5.93. The molecule has 0 unspecified atom stereocenters. The van der Waals surface area contributed by atoms with Crippen molar-refractivity contribution in [1.82, 2.24) is 0 Å². The van der Waals surface area contributed by atoms with Gasteiger partial charge in [-0.1, -0.05) is 6.92 Å². The van der Waals surface area contributed by atoms with E-state index in [0.717, 1.165) is 0 Å². The van der Waals surface area contributed by atoms with Crippen LogP contribution in [0.5, 0.6) is 0 Å². The van der Waals surface area contributed by atoms with Crippen molar-refractivity contribution in [1.29, 1.82) is 0 Å². The third kappa shape index (κ3) is 5.37. The number of carbonyl (C=O) groups excluding carboxylic acids is 2. The minimum atomic E-state index is -0.686. The smallest absolute Gasteiger partial charge is 0.312 e. The summed E-state index contributed by atoms with van der Waals surface area (Å²) in [7, 11) is 0. The van der Waals surface area contributed by atoms with Crippen molar-refractivity contribution in [2.24, 2.45) is 11.1 Å². The van der Waals surface area contributed by atoms with Crippen molar-refractivity contribution >= 4 is 11.9 Å². The van der Waals surface area contributed by atoms with E-state index in [1.165, 1.54) is 0 Å². The van der Waals surface area contributed by atoms with Gasteiger partial charge in [-0.15, -0.1) is 0 Å². The van der Waals surface area contributed by atoms with Gasteiger partial charge in [-0.25, -0.2) is 0 Å². The highest BCUT2D eigenvalue weighted by Gasteiger charge is 2.27. The summed E-state index contributed by atoms with van der Waals surface area (Å²) in [5, 5.41) is 0. The van der Waals surface area contributed by atoms with E-state index in [4.69, 9.17) is 15.2 Å². The first-order valence-electron chi connectivity index (χ1n) is 4.97. The molecule has 0 radical (unpaired) electrons. The van der Waals surface area contributed by atoms with Crippen LogP contribution in [0.1, 0.15) is 27.2 Å².